The number of carbonyl (C=O) groups excluding carboxylic acids is 1. The summed E-state index contributed by atoms with van der Waals surface area (Å²) in [4.78, 5) is 16.9. The standard InChI is InChI=1S/C11H12N2O2/c14-6-8-1-2-9(4-12-8)13-5-11-3-10(13)7-15-11/h1-2,4,6,10-11H,3,5,7H2. The summed E-state index contributed by atoms with van der Waals surface area (Å²) in [6.45, 7) is 1.77. The molecule has 2 unspecified atom stereocenters. The Morgan fingerprint density at radius 2 is 2.47 bits per heavy atom. The molecule has 1 aromatic rings. The van der Waals surface area contributed by atoms with Gasteiger partial charge in [-0.05, 0) is 18.6 Å². The first-order chi connectivity index (χ1) is 7.36. The summed E-state index contributed by atoms with van der Waals surface area (Å²) in [5, 5.41) is 0. The number of aldehydes is 1. The van der Waals surface area contributed by atoms with Crippen LogP contribution in [0.3, 0.4) is 0 Å². The molecule has 3 heterocycles. The van der Waals surface area contributed by atoms with Crippen molar-refractivity contribution in [2.45, 2.75) is 18.6 Å². The molecular formula is C11H12N2O2. The Balaban J connectivity index is 1.84. The Morgan fingerprint density at radius 3 is 3.00 bits per heavy atom. The van der Waals surface area contributed by atoms with E-state index in [0.717, 1.165) is 31.5 Å². The quantitative estimate of drug-likeness (QED) is 0.670. The van der Waals surface area contributed by atoms with Crippen molar-refractivity contribution < 1.29 is 9.53 Å². The van der Waals surface area contributed by atoms with E-state index in [1.54, 1.807) is 12.3 Å². The number of anilines is 1. The molecule has 78 valence electrons. The summed E-state index contributed by atoms with van der Waals surface area (Å²) < 4.78 is 5.53. The van der Waals surface area contributed by atoms with Crippen LogP contribution < -0.4 is 4.90 Å². The first-order valence-corrected chi connectivity index (χ1v) is 5.16. The van der Waals surface area contributed by atoms with Crippen molar-refractivity contribution in [1.82, 2.24) is 4.98 Å². The highest BCUT2D eigenvalue weighted by atomic mass is 16.5. The van der Waals surface area contributed by atoms with Gasteiger partial charge in [-0.2, -0.15) is 0 Å². The molecule has 3 rings (SSSR count). The lowest BCUT2D eigenvalue weighted by molar-refractivity contribution is 0.0991. The Morgan fingerprint density at radius 1 is 1.53 bits per heavy atom. The molecule has 2 aliphatic heterocycles. The molecule has 4 heteroatoms. The van der Waals surface area contributed by atoms with Gasteiger partial charge in [0.15, 0.2) is 6.29 Å². The average molecular weight is 204 g/mol. The number of ether oxygens (including phenoxy) is 1. The van der Waals surface area contributed by atoms with Crippen molar-refractivity contribution >= 4 is 12.0 Å². The lowest BCUT2D eigenvalue weighted by Gasteiger charge is -2.28. The van der Waals surface area contributed by atoms with Gasteiger partial charge in [-0.15, -0.1) is 0 Å². The van der Waals surface area contributed by atoms with Crippen molar-refractivity contribution in [3.05, 3.63) is 24.0 Å². The zero-order chi connectivity index (χ0) is 10.3. The van der Waals surface area contributed by atoms with Crippen LogP contribution in [0.1, 0.15) is 16.9 Å². The van der Waals surface area contributed by atoms with Crippen molar-refractivity contribution in [2.24, 2.45) is 0 Å². The van der Waals surface area contributed by atoms with Crippen molar-refractivity contribution in [1.29, 1.82) is 0 Å². The molecule has 0 spiro atoms. The van der Waals surface area contributed by atoms with E-state index < -0.39 is 0 Å². The van der Waals surface area contributed by atoms with Crippen LogP contribution in [0.15, 0.2) is 18.3 Å². The van der Waals surface area contributed by atoms with Gasteiger partial charge in [0.05, 0.1) is 30.6 Å². The zero-order valence-electron chi connectivity index (χ0n) is 8.30. The van der Waals surface area contributed by atoms with E-state index in [9.17, 15) is 4.79 Å². The maximum atomic E-state index is 10.5. The third kappa shape index (κ3) is 1.41. The minimum Gasteiger partial charge on any atom is -0.374 e. The van der Waals surface area contributed by atoms with Gasteiger partial charge < -0.3 is 9.64 Å². The van der Waals surface area contributed by atoms with E-state index in [2.05, 4.69) is 9.88 Å². The van der Waals surface area contributed by atoms with E-state index in [4.69, 9.17) is 4.74 Å². The first kappa shape index (κ1) is 8.85. The van der Waals surface area contributed by atoms with Gasteiger partial charge >= 0.3 is 0 Å². The largest absolute Gasteiger partial charge is 0.374 e. The van der Waals surface area contributed by atoms with E-state index in [0.29, 0.717) is 17.8 Å². The van der Waals surface area contributed by atoms with Crippen LogP contribution in [0, 0.1) is 0 Å². The van der Waals surface area contributed by atoms with Gasteiger partial charge in [-0.25, -0.2) is 0 Å². The van der Waals surface area contributed by atoms with Crippen LogP contribution in [0.25, 0.3) is 0 Å². The molecule has 0 amide bonds. The Bertz CT molecular complexity index is 377. The minimum atomic E-state index is 0.390. The molecule has 4 nitrogen and oxygen atoms in total. The average Bonchev–Trinajstić information content (AvgIpc) is 2.91. The Hall–Kier alpha value is -1.42. The highest BCUT2D eigenvalue weighted by molar-refractivity contribution is 5.72. The molecule has 2 atom stereocenters. The fourth-order valence-electron chi connectivity index (χ4n) is 2.35. The minimum absolute atomic E-state index is 0.390. The second kappa shape index (κ2) is 3.31. The normalized spacial score (nSPS) is 28.4. The van der Waals surface area contributed by atoms with Gasteiger partial charge in [0.1, 0.15) is 5.69 Å². The summed E-state index contributed by atoms with van der Waals surface area (Å²) in [5.74, 6) is 0. The number of aromatic nitrogens is 1. The van der Waals surface area contributed by atoms with E-state index >= 15 is 0 Å². The van der Waals surface area contributed by atoms with Gasteiger partial charge in [0.25, 0.3) is 0 Å². The third-order valence-corrected chi connectivity index (χ3v) is 3.12. The van der Waals surface area contributed by atoms with Crippen LogP contribution in [-0.2, 0) is 4.74 Å². The summed E-state index contributed by atoms with van der Waals surface area (Å²) in [7, 11) is 0. The number of hydrogen-bond acceptors (Lipinski definition) is 4. The SMILES string of the molecule is O=Cc1ccc(N2CC3CC2CO3)cn1. The zero-order valence-corrected chi connectivity index (χ0v) is 8.30. The van der Waals surface area contributed by atoms with E-state index in [1.807, 2.05) is 6.07 Å². The molecule has 2 aliphatic rings. The van der Waals surface area contributed by atoms with Crippen molar-refractivity contribution in [2.75, 3.05) is 18.1 Å². The Labute approximate surface area is 87.9 Å². The van der Waals surface area contributed by atoms with Gasteiger partial charge in [-0.3, -0.25) is 9.78 Å². The van der Waals surface area contributed by atoms with Crippen LogP contribution in [0.2, 0.25) is 0 Å². The molecule has 2 saturated heterocycles. The molecule has 1 aromatic heterocycles. The second-order valence-electron chi connectivity index (χ2n) is 4.06. The predicted molar refractivity (Wildman–Crippen MR) is 55.1 cm³/mol. The fourth-order valence-corrected chi connectivity index (χ4v) is 2.35. The number of rotatable bonds is 2. The van der Waals surface area contributed by atoms with Crippen LogP contribution in [-0.4, -0.2) is 36.6 Å². The first-order valence-electron chi connectivity index (χ1n) is 5.16. The predicted octanol–water partition coefficient (Wildman–Crippen LogP) is 0.872. The lowest BCUT2D eigenvalue weighted by atomic mass is 10.2. The van der Waals surface area contributed by atoms with E-state index in [1.165, 1.54) is 0 Å². The third-order valence-electron chi connectivity index (χ3n) is 3.12. The highest BCUT2D eigenvalue weighted by Gasteiger charge is 2.38. The van der Waals surface area contributed by atoms with Gasteiger partial charge in [0, 0.05) is 6.54 Å². The molecule has 0 N–H and O–H groups in total. The van der Waals surface area contributed by atoms with Gasteiger partial charge in [0.2, 0.25) is 0 Å². The summed E-state index contributed by atoms with van der Waals surface area (Å²) in [5.41, 5.74) is 1.58. The molecule has 0 aromatic carbocycles. The topological polar surface area (TPSA) is 42.4 Å². The smallest absolute Gasteiger partial charge is 0.168 e. The van der Waals surface area contributed by atoms with Gasteiger partial charge in [-0.1, -0.05) is 0 Å². The van der Waals surface area contributed by atoms with E-state index in [-0.39, 0.29) is 0 Å². The van der Waals surface area contributed by atoms with Crippen LogP contribution in [0.4, 0.5) is 5.69 Å². The highest BCUT2D eigenvalue weighted by Crippen LogP contribution is 2.31. The number of hydrogen-bond donors (Lipinski definition) is 0. The molecule has 2 fully saturated rings. The van der Waals surface area contributed by atoms with Crippen LogP contribution >= 0.6 is 0 Å². The number of carbonyl (C=O) groups is 1. The molecular weight excluding hydrogens is 192 g/mol. The van der Waals surface area contributed by atoms with Crippen molar-refractivity contribution in [3.8, 4) is 0 Å². The van der Waals surface area contributed by atoms with Crippen molar-refractivity contribution in [3.63, 3.8) is 0 Å². The number of morpholine rings is 1. The molecule has 0 radical (unpaired) electrons. The number of fused-ring (bicyclic) bond motifs is 2. The summed E-state index contributed by atoms with van der Waals surface area (Å²) in [6, 6.07) is 4.21. The monoisotopic (exact) mass is 204 g/mol. The fraction of sp³-hybridized carbons (Fsp3) is 0.455. The molecule has 15 heavy (non-hydrogen) atoms. The number of pyridine rings is 1. The van der Waals surface area contributed by atoms with Crippen LogP contribution in [0.5, 0.6) is 0 Å². The maximum absolute atomic E-state index is 10.5. The Kier molecular flexibility index (Phi) is 1.95. The molecule has 0 saturated carbocycles. The molecule has 0 aliphatic carbocycles. The number of nitrogens with zero attached hydrogens (tertiary/aromatic N) is 2. The summed E-state index contributed by atoms with van der Waals surface area (Å²) in [6.07, 6.45) is 4.05. The molecule has 2 bridgehead atoms. The maximum Gasteiger partial charge on any atom is 0.168 e. The second-order valence-corrected chi connectivity index (χ2v) is 4.06. The lowest BCUT2D eigenvalue weighted by Crippen LogP contribution is -2.36. The summed E-state index contributed by atoms with van der Waals surface area (Å²) >= 11 is 0.